The Morgan fingerprint density at radius 2 is 1.73 bits per heavy atom. The first-order valence-electron chi connectivity index (χ1n) is 7.67. The first kappa shape index (κ1) is 17.5. The molecular weight excluding hydrogens is 322 g/mol. The summed E-state index contributed by atoms with van der Waals surface area (Å²) >= 11 is 6.17. The van der Waals surface area contributed by atoms with Gasteiger partial charge in [0.1, 0.15) is 0 Å². The van der Waals surface area contributed by atoms with Crippen LogP contribution in [-0.2, 0) is 10.2 Å². The average molecular weight is 346 g/mol. The van der Waals surface area contributed by atoms with Gasteiger partial charge in [-0.25, -0.2) is 0 Å². The molecule has 1 heterocycles. The average Bonchev–Trinajstić information content (AvgIpc) is 2.51. The van der Waals surface area contributed by atoms with Crippen LogP contribution in [-0.4, -0.2) is 56.3 Å². The highest BCUT2D eigenvalue weighted by Crippen LogP contribution is 2.27. The van der Waals surface area contributed by atoms with E-state index in [1.54, 1.807) is 4.31 Å². The lowest BCUT2D eigenvalue weighted by Gasteiger charge is -2.38. The summed E-state index contributed by atoms with van der Waals surface area (Å²) in [6, 6.07) is 5.85. The molecule has 0 aliphatic carbocycles. The number of halogens is 1. The van der Waals surface area contributed by atoms with Crippen LogP contribution < -0.4 is 4.90 Å². The van der Waals surface area contributed by atoms with Crippen LogP contribution in [0.4, 0.5) is 5.69 Å². The van der Waals surface area contributed by atoms with Crippen molar-refractivity contribution in [1.29, 1.82) is 0 Å². The van der Waals surface area contributed by atoms with Crippen molar-refractivity contribution in [2.45, 2.75) is 20.8 Å². The summed E-state index contributed by atoms with van der Waals surface area (Å²) in [6.07, 6.45) is 0. The maximum absolute atomic E-state index is 12.5. The van der Waals surface area contributed by atoms with Crippen LogP contribution in [0.25, 0.3) is 0 Å². The Bertz CT molecular complexity index is 609. The summed E-state index contributed by atoms with van der Waals surface area (Å²) in [5.74, 6) is 0. The smallest absolute Gasteiger partial charge is 0.282 e. The van der Waals surface area contributed by atoms with E-state index in [2.05, 4.69) is 4.90 Å². The molecule has 0 atom stereocenters. The molecule has 1 aliphatic heterocycles. The minimum absolute atomic E-state index is 0.505. The van der Waals surface area contributed by atoms with Crippen molar-refractivity contribution in [2.75, 3.05) is 44.2 Å². The van der Waals surface area contributed by atoms with Crippen LogP contribution in [0.3, 0.4) is 0 Å². The highest BCUT2D eigenvalue weighted by Gasteiger charge is 2.31. The molecule has 0 radical (unpaired) electrons. The van der Waals surface area contributed by atoms with E-state index in [1.807, 2.05) is 39.0 Å². The Labute approximate surface area is 138 Å². The molecule has 1 fully saturated rings. The molecule has 0 N–H and O–H groups in total. The number of benzene rings is 1. The minimum atomic E-state index is -3.33. The topological polar surface area (TPSA) is 43.9 Å². The SMILES string of the molecule is CCN(CC)S(=O)(=O)N1CCN(c2cccc(Cl)c2C)CC1. The fourth-order valence-corrected chi connectivity index (χ4v) is 4.59. The summed E-state index contributed by atoms with van der Waals surface area (Å²) in [6.45, 7) is 9.12. The third-order valence-electron chi connectivity index (χ3n) is 4.18. The van der Waals surface area contributed by atoms with E-state index in [0.717, 1.165) is 16.3 Å². The van der Waals surface area contributed by atoms with E-state index in [9.17, 15) is 8.42 Å². The van der Waals surface area contributed by atoms with Gasteiger partial charge in [0.15, 0.2) is 0 Å². The third kappa shape index (κ3) is 3.40. The summed E-state index contributed by atoms with van der Waals surface area (Å²) in [4.78, 5) is 2.20. The van der Waals surface area contributed by atoms with Gasteiger partial charge in [0.25, 0.3) is 10.2 Å². The van der Waals surface area contributed by atoms with Gasteiger partial charge in [0.2, 0.25) is 0 Å². The number of nitrogens with zero attached hydrogens (tertiary/aromatic N) is 3. The van der Waals surface area contributed by atoms with Gasteiger partial charge in [0, 0.05) is 50.0 Å². The third-order valence-corrected chi connectivity index (χ3v) is 6.77. The Kier molecular flexibility index (Phi) is 5.71. The van der Waals surface area contributed by atoms with Gasteiger partial charge in [-0.1, -0.05) is 31.5 Å². The van der Waals surface area contributed by atoms with Crippen LogP contribution >= 0.6 is 11.6 Å². The standard InChI is InChI=1S/C15H24ClN3O2S/c1-4-18(5-2)22(20,21)19-11-9-17(10-12-19)15-8-6-7-14(16)13(15)3/h6-8H,4-5,9-12H2,1-3H3. The molecule has 1 aliphatic rings. The molecule has 22 heavy (non-hydrogen) atoms. The maximum atomic E-state index is 12.5. The molecule has 1 saturated heterocycles. The van der Waals surface area contributed by atoms with E-state index in [4.69, 9.17) is 11.6 Å². The van der Waals surface area contributed by atoms with Crippen LogP contribution in [0, 0.1) is 6.92 Å². The molecule has 0 amide bonds. The monoisotopic (exact) mass is 345 g/mol. The summed E-state index contributed by atoms with van der Waals surface area (Å²) in [5.41, 5.74) is 2.14. The first-order chi connectivity index (χ1) is 10.4. The van der Waals surface area contributed by atoms with E-state index in [0.29, 0.717) is 39.3 Å². The zero-order valence-electron chi connectivity index (χ0n) is 13.4. The van der Waals surface area contributed by atoms with Gasteiger partial charge in [-0.05, 0) is 24.6 Å². The molecule has 1 aromatic rings. The number of hydrogen-bond acceptors (Lipinski definition) is 3. The van der Waals surface area contributed by atoms with Gasteiger partial charge in [0.05, 0.1) is 0 Å². The quantitative estimate of drug-likeness (QED) is 0.822. The Hall–Kier alpha value is -0.820. The predicted molar refractivity (Wildman–Crippen MR) is 91.8 cm³/mol. The molecular formula is C15H24ClN3O2S. The van der Waals surface area contributed by atoms with E-state index < -0.39 is 10.2 Å². The number of hydrogen-bond donors (Lipinski definition) is 0. The second-order valence-corrected chi connectivity index (χ2v) is 7.70. The van der Waals surface area contributed by atoms with Crippen LogP contribution in [0.5, 0.6) is 0 Å². The van der Waals surface area contributed by atoms with Crippen molar-refractivity contribution in [2.24, 2.45) is 0 Å². The Morgan fingerprint density at radius 1 is 1.14 bits per heavy atom. The van der Waals surface area contributed by atoms with Crippen molar-refractivity contribution < 1.29 is 8.42 Å². The van der Waals surface area contributed by atoms with Gasteiger partial charge < -0.3 is 4.90 Å². The molecule has 7 heteroatoms. The fraction of sp³-hybridized carbons (Fsp3) is 0.600. The zero-order chi connectivity index (χ0) is 16.3. The van der Waals surface area contributed by atoms with Gasteiger partial charge in [-0.3, -0.25) is 0 Å². The largest absolute Gasteiger partial charge is 0.369 e. The molecule has 0 unspecified atom stereocenters. The van der Waals surface area contributed by atoms with Gasteiger partial charge >= 0.3 is 0 Å². The molecule has 5 nitrogen and oxygen atoms in total. The highest BCUT2D eigenvalue weighted by molar-refractivity contribution is 7.86. The number of rotatable bonds is 5. The predicted octanol–water partition coefficient (Wildman–Crippen LogP) is 2.36. The van der Waals surface area contributed by atoms with Crippen LogP contribution in [0.1, 0.15) is 19.4 Å². The summed E-state index contributed by atoms with van der Waals surface area (Å²) in [5, 5.41) is 0.746. The van der Waals surface area contributed by atoms with Crippen LogP contribution in [0.2, 0.25) is 5.02 Å². The van der Waals surface area contributed by atoms with E-state index >= 15 is 0 Å². The minimum Gasteiger partial charge on any atom is -0.369 e. The molecule has 0 saturated carbocycles. The molecule has 124 valence electrons. The van der Waals surface area contributed by atoms with E-state index in [1.165, 1.54) is 4.31 Å². The molecule has 0 spiro atoms. The van der Waals surface area contributed by atoms with Gasteiger partial charge in [-0.15, -0.1) is 0 Å². The van der Waals surface area contributed by atoms with Crippen molar-refractivity contribution in [3.8, 4) is 0 Å². The summed E-state index contributed by atoms with van der Waals surface area (Å²) < 4.78 is 28.1. The van der Waals surface area contributed by atoms with Crippen molar-refractivity contribution in [1.82, 2.24) is 8.61 Å². The lowest BCUT2D eigenvalue weighted by atomic mass is 10.1. The zero-order valence-corrected chi connectivity index (χ0v) is 15.0. The normalized spacial score (nSPS) is 17.2. The van der Waals surface area contributed by atoms with E-state index in [-0.39, 0.29) is 0 Å². The number of anilines is 1. The number of piperazine rings is 1. The van der Waals surface area contributed by atoms with Crippen LogP contribution in [0.15, 0.2) is 18.2 Å². The van der Waals surface area contributed by atoms with Crippen molar-refractivity contribution >= 4 is 27.5 Å². The Morgan fingerprint density at radius 3 is 2.27 bits per heavy atom. The highest BCUT2D eigenvalue weighted by atomic mass is 35.5. The Balaban J connectivity index is 2.09. The molecule has 1 aromatic carbocycles. The molecule has 2 rings (SSSR count). The fourth-order valence-electron chi connectivity index (χ4n) is 2.81. The lowest BCUT2D eigenvalue weighted by molar-refractivity contribution is 0.334. The van der Waals surface area contributed by atoms with Crippen molar-refractivity contribution in [3.05, 3.63) is 28.8 Å². The molecule has 0 bridgehead atoms. The first-order valence-corrected chi connectivity index (χ1v) is 9.44. The second kappa shape index (κ2) is 7.17. The second-order valence-electron chi connectivity index (χ2n) is 5.36. The van der Waals surface area contributed by atoms with Gasteiger partial charge in [-0.2, -0.15) is 17.0 Å². The van der Waals surface area contributed by atoms with Crippen molar-refractivity contribution in [3.63, 3.8) is 0 Å². The molecule has 0 aromatic heterocycles. The maximum Gasteiger partial charge on any atom is 0.282 e. The summed E-state index contributed by atoms with van der Waals surface area (Å²) in [7, 11) is -3.33. The lowest BCUT2D eigenvalue weighted by Crippen LogP contribution is -2.53.